The molecule has 2 aromatic carbocycles. The van der Waals surface area contributed by atoms with Crippen LogP contribution < -0.4 is 8.92 Å². The Morgan fingerprint density at radius 3 is 1.58 bits per heavy atom. The van der Waals surface area contributed by atoms with Crippen LogP contribution in [0.3, 0.4) is 0 Å². The molecule has 0 fully saturated rings. The molecular formula is C18H18Se. The first-order valence-corrected chi connectivity index (χ1v) is 8.12. The van der Waals surface area contributed by atoms with Crippen LogP contribution in [0.4, 0.5) is 0 Å². The van der Waals surface area contributed by atoms with Gasteiger partial charge in [0.05, 0.1) is 0 Å². The summed E-state index contributed by atoms with van der Waals surface area (Å²) in [4.78, 5) is 0. The minimum atomic E-state index is 0.346. The first-order chi connectivity index (χ1) is 9.35. The molecule has 0 saturated carbocycles. The molecule has 0 unspecified atom stereocenters. The first-order valence-electron chi connectivity index (χ1n) is 6.40. The maximum atomic E-state index is 3.84. The van der Waals surface area contributed by atoms with Gasteiger partial charge in [-0.1, -0.05) is 0 Å². The van der Waals surface area contributed by atoms with Crippen LogP contribution in [0, 0.1) is 0 Å². The van der Waals surface area contributed by atoms with Gasteiger partial charge in [0, 0.05) is 0 Å². The summed E-state index contributed by atoms with van der Waals surface area (Å²) >= 11 is 0.346. The third-order valence-corrected chi connectivity index (χ3v) is 5.49. The van der Waals surface area contributed by atoms with Gasteiger partial charge in [0.15, 0.2) is 0 Å². The molecule has 2 aromatic rings. The zero-order valence-electron chi connectivity index (χ0n) is 11.0. The van der Waals surface area contributed by atoms with E-state index in [4.69, 9.17) is 0 Å². The van der Waals surface area contributed by atoms with Gasteiger partial charge >= 0.3 is 122 Å². The number of benzene rings is 2. The summed E-state index contributed by atoms with van der Waals surface area (Å²) in [5.74, 6) is 0. The molecule has 19 heavy (non-hydrogen) atoms. The fourth-order valence-electron chi connectivity index (χ4n) is 1.97. The second kappa shape index (κ2) is 7.13. The Kier molecular flexibility index (Phi) is 5.20. The molecule has 0 aromatic heterocycles. The summed E-state index contributed by atoms with van der Waals surface area (Å²) in [5.41, 5.74) is 2.79. The third kappa shape index (κ3) is 3.70. The molecule has 0 aliphatic rings. The average molecular weight is 313 g/mol. The Morgan fingerprint density at radius 1 is 0.737 bits per heavy atom. The molecule has 1 heteroatoms. The number of allylic oxidation sites excluding steroid dienone is 2. The van der Waals surface area contributed by atoms with E-state index in [0.717, 1.165) is 12.8 Å². The van der Waals surface area contributed by atoms with Crippen LogP contribution in [0.5, 0.6) is 0 Å². The second-order valence-electron chi connectivity index (χ2n) is 4.30. The van der Waals surface area contributed by atoms with E-state index in [0.29, 0.717) is 15.0 Å². The van der Waals surface area contributed by atoms with Crippen LogP contribution >= 0.6 is 0 Å². The Labute approximate surface area is 122 Å². The molecule has 0 radical (unpaired) electrons. The molecule has 2 rings (SSSR count). The molecular weight excluding hydrogens is 295 g/mol. The monoisotopic (exact) mass is 314 g/mol. The van der Waals surface area contributed by atoms with E-state index in [1.54, 1.807) is 0 Å². The third-order valence-electron chi connectivity index (χ3n) is 2.89. The van der Waals surface area contributed by atoms with Crippen LogP contribution in [0.1, 0.15) is 11.1 Å². The Morgan fingerprint density at radius 2 is 1.16 bits per heavy atom. The summed E-state index contributed by atoms with van der Waals surface area (Å²) < 4.78 is 2.90. The van der Waals surface area contributed by atoms with Crippen molar-refractivity contribution in [1.82, 2.24) is 0 Å². The van der Waals surface area contributed by atoms with E-state index < -0.39 is 0 Å². The minimum absolute atomic E-state index is 0.346. The SMILES string of the molecule is C=CCc1ccccc1[Se]c1ccccc1CC=C. The van der Waals surface area contributed by atoms with Gasteiger partial charge in [0.1, 0.15) is 0 Å². The zero-order chi connectivity index (χ0) is 13.5. The normalized spacial score (nSPS) is 10.1. The van der Waals surface area contributed by atoms with E-state index in [-0.39, 0.29) is 0 Å². The van der Waals surface area contributed by atoms with E-state index in [2.05, 4.69) is 61.7 Å². The molecule has 0 aliphatic heterocycles. The van der Waals surface area contributed by atoms with Crippen LogP contribution in [-0.4, -0.2) is 15.0 Å². The zero-order valence-corrected chi connectivity index (χ0v) is 12.7. The van der Waals surface area contributed by atoms with Gasteiger partial charge in [0.2, 0.25) is 0 Å². The molecule has 0 bridgehead atoms. The molecule has 0 amide bonds. The number of rotatable bonds is 6. The second-order valence-corrected chi connectivity index (χ2v) is 6.58. The first kappa shape index (κ1) is 13.9. The van der Waals surface area contributed by atoms with Gasteiger partial charge in [-0.25, -0.2) is 0 Å². The van der Waals surface area contributed by atoms with Crippen LogP contribution in [0.15, 0.2) is 73.8 Å². The maximum absolute atomic E-state index is 3.84. The molecule has 0 nitrogen and oxygen atoms in total. The van der Waals surface area contributed by atoms with Crippen LogP contribution in [-0.2, 0) is 12.8 Å². The molecule has 0 N–H and O–H groups in total. The summed E-state index contributed by atoms with van der Waals surface area (Å²) in [6.45, 7) is 7.69. The van der Waals surface area contributed by atoms with Crippen molar-refractivity contribution < 1.29 is 0 Å². The predicted molar refractivity (Wildman–Crippen MR) is 85.7 cm³/mol. The van der Waals surface area contributed by atoms with Crippen LogP contribution in [0.25, 0.3) is 0 Å². The van der Waals surface area contributed by atoms with Gasteiger partial charge < -0.3 is 0 Å². The topological polar surface area (TPSA) is 0 Å². The summed E-state index contributed by atoms with van der Waals surface area (Å²) in [7, 11) is 0. The fraction of sp³-hybridized carbons (Fsp3) is 0.111. The molecule has 0 saturated heterocycles. The van der Waals surface area contributed by atoms with Crippen molar-refractivity contribution in [2.45, 2.75) is 12.8 Å². The van der Waals surface area contributed by atoms with Crippen molar-refractivity contribution >= 4 is 23.9 Å². The molecule has 0 aliphatic carbocycles. The standard InChI is InChI=1S/C18H18Se/c1-3-9-15-11-5-7-13-17(15)19-18-14-8-6-12-16(18)10-4-2/h3-8,11-14H,1-2,9-10H2. The average Bonchev–Trinajstić information content (AvgIpc) is 2.44. The van der Waals surface area contributed by atoms with E-state index >= 15 is 0 Å². The summed E-state index contributed by atoms with van der Waals surface area (Å²) in [6.07, 6.45) is 5.85. The quantitative estimate of drug-likeness (QED) is 0.568. The Balaban J connectivity index is 2.30. The predicted octanol–water partition coefficient (Wildman–Crippen LogP) is 2.80. The summed E-state index contributed by atoms with van der Waals surface area (Å²) in [6, 6.07) is 17.3. The number of hydrogen-bond acceptors (Lipinski definition) is 0. The van der Waals surface area contributed by atoms with Gasteiger partial charge in [-0.2, -0.15) is 0 Å². The van der Waals surface area contributed by atoms with Crippen molar-refractivity contribution in [3.8, 4) is 0 Å². The molecule has 0 heterocycles. The van der Waals surface area contributed by atoms with Crippen molar-refractivity contribution in [2.24, 2.45) is 0 Å². The summed E-state index contributed by atoms with van der Waals surface area (Å²) in [5, 5.41) is 0. The Bertz CT molecular complexity index is 518. The number of hydrogen-bond donors (Lipinski definition) is 0. The molecule has 96 valence electrons. The van der Waals surface area contributed by atoms with Crippen molar-refractivity contribution in [3.05, 3.63) is 85.0 Å². The van der Waals surface area contributed by atoms with E-state index in [1.165, 1.54) is 20.1 Å². The molecule has 0 atom stereocenters. The van der Waals surface area contributed by atoms with Crippen molar-refractivity contribution in [3.63, 3.8) is 0 Å². The van der Waals surface area contributed by atoms with Crippen molar-refractivity contribution in [1.29, 1.82) is 0 Å². The van der Waals surface area contributed by atoms with Crippen LogP contribution in [0.2, 0.25) is 0 Å². The molecule has 0 spiro atoms. The van der Waals surface area contributed by atoms with Gasteiger partial charge in [0.25, 0.3) is 0 Å². The van der Waals surface area contributed by atoms with Crippen molar-refractivity contribution in [2.75, 3.05) is 0 Å². The Hall–Kier alpha value is -1.56. The van der Waals surface area contributed by atoms with Gasteiger partial charge in [-0.05, 0) is 0 Å². The fourth-order valence-corrected chi connectivity index (χ4v) is 4.27. The van der Waals surface area contributed by atoms with E-state index in [1.807, 2.05) is 12.2 Å². The van der Waals surface area contributed by atoms with E-state index in [9.17, 15) is 0 Å². The van der Waals surface area contributed by atoms with Gasteiger partial charge in [-0.15, -0.1) is 0 Å². The van der Waals surface area contributed by atoms with Gasteiger partial charge in [-0.3, -0.25) is 0 Å².